The first kappa shape index (κ1) is 28.6. The molecule has 1 atom stereocenters. The minimum Gasteiger partial charge on any atom is -0.374 e. The Kier molecular flexibility index (Phi) is 7.08. The maximum atomic E-state index is 10.0. The van der Waals surface area contributed by atoms with Crippen molar-refractivity contribution in [3.63, 3.8) is 0 Å². The minimum absolute atomic E-state index is 0.136. The zero-order valence-electron chi connectivity index (χ0n) is 25.7. The van der Waals surface area contributed by atoms with E-state index >= 15 is 0 Å². The van der Waals surface area contributed by atoms with Crippen molar-refractivity contribution < 1.29 is 0 Å². The third-order valence-corrected chi connectivity index (χ3v) is 11.2. The molecule has 48 heavy (non-hydrogen) atoms. The fourth-order valence-corrected chi connectivity index (χ4v) is 8.75. The summed E-state index contributed by atoms with van der Waals surface area (Å²) in [7, 11) is 0. The number of hydrogen-bond acceptors (Lipinski definition) is 6. The normalized spacial score (nSPS) is 15.9. The molecule has 0 aliphatic carbocycles. The van der Waals surface area contributed by atoms with Gasteiger partial charge in [0.25, 0.3) is 0 Å². The van der Waals surface area contributed by atoms with Crippen molar-refractivity contribution in [3.05, 3.63) is 174 Å². The summed E-state index contributed by atoms with van der Waals surface area (Å²) < 4.78 is 0. The van der Waals surface area contributed by atoms with Crippen molar-refractivity contribution in [2.24, 2.45) is 0 Å². The lowest BCUT2D eigenvalue weighted by molar-refractivity contribution is 0.760. The first-order valence-electron chi connectivity index (χ1n) is 15.9. The fraction of sp³-hybridized carbons (Fsp3) is 0.0238. The van der Waals surface area contributed by atoms with E-state index in [4.69, 9.17) is 0 Å². The summed E-state index contributed by atoms with van der Waals surface area (Å²) in [6.07, 6.45) is 3.95. The second-order valence-electron chi connectivity index (χ2n) is 11.8. The molecule has 1 N–H and O–H groups in total. The molecule has 3 aliphatic rings. The molecule has 6 heteroatoms. The van der Waals surface area contributed by atoms with Gasteiger partial charge in [-0.05, 0) is 96.1 Å². The van der Waals surface area contributed by atoms with E-state index in [-0.39, 0.29) is 6.04 Å². The van der Waals surface area contributed by atoms with Crippen molar-refractivity contribution in [1.82, 2.24) is 5.32 Å². The summed E-state index contributed by atoms with van der Waals surface area (Å²) in [4.78, 5) is 9.62. The van der Waals surface area contributed by atoms with Gasteiger partial charge < -0.3 is 15.1 Å². The summed E-state index contributed by atoms with van der Waals surface area (Å²) in [6.45, 7) is 0. The molecule has 0 fully saturated rings. The summed E-state index contributed by atoms with van der Waals surface area (Å²) in [5.41, 5.74) is 10.6. The SMILES string of the molecule is N#CC1=CC(c2ccc(N3c4ccccc4Sc4ccccc43)cc2)NC(c2ccc(N3c4ccccc4Sc4ccccc43)cc2)=C1. The van der Waals surface area contributed by atoms with Crippen molar-refractivity contribution in [2.45, 2.75) is 25.6 Å². The largest absolute Gasteiger partial charge is 0.374 e. The van der Waals surface area contributed by atoms with Crippen LogP contribution >= 0.6 is 23.5 Å². The Hall–Kier alpha value is -5.61. The van der Waals surface area contributed by atoms with Gasteiger partial charge >= 0.3 is 0 Å². The van der Waals surface area contributed by atoms with Crippen LogP contribution in [-0.4, -0.2) is 0 Å². The Morgan fingerprint density at radius 3 is 1.38 bits per heavy atom. The second-order valence-corrected chi connectivity index (χ2v) is 14.0. The predicted molar refractivity (Wildman–Crippen MR) is 198 cm³/mol. The smallest absolute Gasteiger partial charge is 0.0989 e. The lowest BCUT2D eigenvalue weighted by Crippen LogP contribution is -2.22. The molecular formula is C42H28N4S2. The van der Waals surface area contributed by atoms with Crippen LogP contribution in [0, 0.1) is 11.3 Å². The Morgan fingerprint density at radius 1 is 0.521 bits per heavy atom. The molecule has 3 heterocycles. The number of nitriles is 1. The quantitative estimate of drug-likeness (QED) is 0.204. The van der Waals surface area contributed by atoms with E-state index in [1.807, 2.05) is 35.7 Å². The molecule has 6 aromatic rings. The van der Waals surface area contributed by atoms with Gasteiger partial charge in [0, 0.05) is 36.7 Å². The fourth-order valence-electron chi connectivity index (χ4n) is 6.64. The zero-order valence-corrected chi connectivity index (χ0v) is 27.4. The van der Waals surface area contributed by atoms with Crippen molar-refractivity contribution >= 4 is 63.3 Å². The number of para-hydroxylation sites is 4. The van der Waals surface area contributed by atoms with Gasteiger partial charge in [0.1, 0.15) is 0 Å². The molecule has 1 unspecified atom stereocenters. The third kappa shape index (κ3) is 4.96. The number of allylic oxidation sites excluding steroid dienone is 2. The number of anilines is 6. The lowest BCUT2D eigenvalue weighted by atomic mass is 9.97. The number of nitrogens with zero attached hydrogens (tertiary/aromatic N) is 3. The van der Waals surface area contributed by atoms with Crippen LogP contribution in [0.2, 0.25) is 0 Å². The molecule has 228 valence electrons. The van der Waals surface area contributed by atoms with Gasteiger partial charge in [-0.2, -0.15) is 5.26 Å². The van der Waals surface area contributed by atoms with Gasteiger partial charge in [0.15, 0.2) is 0 Å². The van der Waals surface area contributed by atoms with Gasteiger partial charge in [0.2, 0.25) is 0 Å². The molecule has 0 saturated heterocycles. The number of fused-ring (bicyclic) bond motifs is 4. The van der Waals surface area contributed by atoms with Crippen LogP contribution in [0.25, 0.3) is 5.70 Å². The highest BCUT2D eigenvalue weighted by Crippen LogP contribution is 2.52. The van der Waals surface area contributed by atoms with E-state index in [0.29, 0.717) is 5.57 Å². The number of benzene rings is 6. The third-order valence-electron chi connectivity index (χ3n) is 8.90. The van der Waals surface area contributed by atoms with Gasteiger partial charge in [0.05, 0.1) is 40.4 Å². The molecule has 3 aliphatic heterocycles. The van der Waals surface area contributed by atoms with Gasteiger partial charge in [-0.15, -0.1) is 0 Å². The van der Waals surface area contributed by atoms with Crippen LogP contribution in [0.3, 0.4) is 0 Å². The molecule has 0 saturated carbocycles. The summed E-state index contributed by atoms with van der Waals surface area (Å²) >= 11 is 3.62. The van der Waals surface area contributed by atoms with Crippen LogP contribution in [-0.2, 0) is 0 Å². The molecular weight excluding hydrogens is 625 g/mol. The van der Waals surface area contributed by atoms with Crippen LogP contribution in [0.5, 0.6) is 0 Å². The monoisotopic (exact) mass is 652 g/mol. The van der Waals surface area contributed by atoms with Gasteiger partial charge in [-0.25, -0.2) is 0 Å². The van der Waals surface area contributed by atoms with E-state index < -0.39 is 0 Å². The van der Waals surface area contributed by atoms with Crippen LogP contribution in [0.4, 0.5) is 34.1 Å². The van der Waals surface area contributed by atoms with Crippen LogP contribution < -0.4 is 15.1 Å². The zero-order chi connectivity index (χ0) is 32.0. The second kappa shape index (κ2) is 11.9. The Labute approximate surface area is 288 Å². The average Bonchev–Trinajstić information content (AvgIpc) is 3.16. The summed E-state index contributed by atoms with van der Waals surface area (Å²) in [6, 6.07) is 53.8. The first-order chi connectivity index (χ1) is 23.7. The number of dihydropyridines is 1. The summed E-state index contributed by atoms with van der Waals surface area (Å²) in [5.74, 6) is 0. The number of hydrogen-bond donors (Lipinski definition) is 1. The molecule has 0 bridgehead atoms. The molecule has 0 spiro atoms. The predicted octanol–water partition coefficient (Wildman–Crippen LogP) is 11.7. The molecule has 4 nitrogen and oxygen atoms in total. The van der Waals surface area contributed by atoms with Crippen LogP contribution in [0.1, 0.15) is 17.2 Å². The number of nitrogens with one attached hydrogen (secondary N) is 1. The van der Waals surface area contributed by atoms with Gasteiger partial charge in [-0.1, -0.05) is 96.3 Å². The van der Waals surface area contributed by atoms with E-state index in [0.717, 1.165) is 28.2 Å². The van der Waals surface area contributed by atoms with Crippen molar-refractivity contribution in [2.75, 3.05) is 9.80 Å². The Bertz CT molecular complexity index is 2210. The van der Waals surface area contributed by atoms with E-state index in [1.165, 1.54) is 42.3 Å². The van der Waals surface area contributed by atoms with Gasteiger partial charge in [-0.3, -0.25) is 0 Å². The van der Waals surface area contributed by atoms with Crippen LogP contribution in [0.15, 0.2) is 183 Å². The molecule has 0 aromatic heterocycles. The Balaban J connectivity index is 1.01. The van der Waals surface area contributed by atoms with E-state index in [2.05, 4.69) is 167 Å². The molecule has 9 rings (SSSR count). The maximum absolute atomic E-state index is 10.0. The van der Waals surface area contributed by atoms with E-state index in [9.17, 15) is 5.26 Å². The average molecular weight is 653 g/mol. The first-order valence-corrected chi connectivity index (χ1v) is 17.5. The van der Waals surface area contributed by atoms with Crippen molar-refractivity contribution in [3.8, 4) is 6.07 Å². The molecule has 0 amide bonds. The number of rotatable bonds is 4. The standard InChI is InChI=1S/C42H28N4S2/c43-27-28-25-33(29-17-21-31(22-18-29)45-35-9-1-5-13-39(35)47-40-14-6-2-10-36(40)45)44-34(26-28)30-19-23-32(24-20-30)46-37-11-3-7-15-41(37)48-42-16-8-4-12-38(42)46/h1-26,33,44H. The highest BCUT2D eigenvalue weighted by Gasteiger charge is 2.26. The topological polar surface area (TPSA) is 42.3 Å². The maximum Gasteiger partial charge on any atom is 0.0989 e. The molecule has 6 aromatic carbocycles. The van der Waals surface area contributed by atoms with Crippen molar-refractivity contribution in [1.29, 1.82) is 5.26 Å². The summed E-state index contributed by atoms with van der Waals surface area (Å²) in [5, 5.41) is 13.7. The van der Waals surface area contributed by atoms with E-state index in [1.54, 1.807) is 0 Å². The Morgan fingerprint density at radius 2 is 0.938 bits per heavy atom. The lowest BCUT2D eigenvalue weighted by Gasteiger charge is -2.33. The minimum atomic E-state index is -0.136. The highest BCUT2D eigenvalue weighted by atomic mass is 32.2. The molecule has 0 radical (unpaired) electrons. The highest BCUT2D eigenvalue weighted by molar-refractivity contribution is 8.00.